The van der Waals surface area contributed by atoms with Crippen molar-refractivity contribution in [2.24, 2.45) is 10.9 Å². The van der Waals surface area contributed by atoms with E-state index < -0.39 is 0 Å². The molecular formula is C12H16N4OS. The number of unbranched alkanes of at least 4 members (excludes halogenated alkanes) is 1. The van der Waals surface area contributed by atoms with Gasteiger partial charge in [0, 0.05) is 12.2 Å². The largest absolute Gasteiger partial charge is 0.409 e. The van der Waals surface area contributed by atoms with Gasteiger partial charge in [-0.2, -0.15) is 0 Å². The Morgan fingerprint density at radius 3 is 3.00 bits per heavy atom. The third kappa shape index (κ3) is 3.40. The smallest absolute Gasteiger partial charge is 0.166 e. The molecule has 0 bridgehead atoms. The van der Waals surface area contributed by atoms with E-state index in [1.54, 1.807) is 11.8 Å². The van der Waals surface area contributed by atoms with Gasteiger partial charge in [-0.05, 0) is 25.0 Å². The highest BCUT2D eigenvalue weighted by molar-refractivity contribution is 7.99. The first-order chi connectivity index (χ1) is 8.79. The van der Waals surface area contributed by atoms with E-state index in [1.807, 2.05) is 24.3 Å². The van der Waals surface area contributed by atoms with Crippen LogP contribution in [0.3, 0.4) is 0 Å². The van der Waals surface area contributed by atoms with E-state index in [1.165, 1.54) is 0 Å². The van der Waals surface area contributed by atoms with Crippen molar-refractivity contribution in [2.75, 3.05) is 5.75 Å². The Morgan fingerprint density at radius 2 is 2.22 bits per heavy atom. The minimum atomic E-state index is 0.295. The van der Waals surface area contributed by atoms with Gasteiger partial charge in [0.1, 0.15) is 5.84 Å². The summed E-state index contributed by atoms with van der Waals surface area (Å²) in [7, 11) is 0. The first-order valence-electron chi connectivity index (χ1n) is 5.83. The molecule has 0 aliphatic heterocycles. The second-order valence-electron chi connectivity index (χ2n) is 3.96. The maximum atomic E-state index is 8.39. The second-order valence-corrected chi connectivity index (χ2v) is 5.04. The number of benzene rings is 1. The van der Waals surface area contributed by atoms with Gasteiger partial charge in [-0.3, -0.25) is 0 Å². The van der Waals surface area contributed by atoms with Crippen LogP contribution in [-0.2, 0) is 0 Å². The van der Waals surface area contributed by atoms with Crippen LogP contribution in [0.5, 0.6) is 0 Å². The van der Waals surface area contributed by atoms with Crippen LogP contribution in [0.4, 0.5) is 0 Å². The van der Waals surface area contributed by atoms with Crippen molar-refractivity contribution in [1.82, 2.24) is 9.97 Å². The fraction of sp³-hybridized carbons (Fsp3) is 0.333. The molecule has 0 amide bonds. The molecule has 1 heterocycles. The molecule has 0 unspecified atom stereocenters. The van der Waals surface area contributed by atoms with Crippen LogP contribution in [0.15, 0.2) is 34.6 Å². The maximum Gasteiger partial charge on any atom is 0.166 e. The van der Waals surface area contributed by atoms with Crippen LogP contribution in [0.2, 0.25) is 0 Å². The van der Waals surface area contributed by atoms with E-state index in [9.17, 15) is 0 Å². The average Bonchev–Trinajstić information content (AvgIpc) is 2.80. The quantitative estimate of drug-likeness (QED) is 0.187. The van der Waals surface area contributed by atoms with Crippen molar-refractivity contribution in [3.05, 3.63) is 24.3 Å². The second kappa shape index (κ2) is 6.30. The SMILES string of the molecule is N/C(CCCCSc1nc2ccccc2[nH]1)=N/O. The molecule has 1 aromatic heterocycles. The van der Waals surface area contributed by atoms with Crippen LogP contribution < -0.4 is 5.73 Å². The van der Waals surface area contributed by atoms with Crippen molar-refractivity contribution in [3.8, 4) is 0 Å². The Hall–Kier alpha value is -1.69. The van der Waals surface area contributed by atoms with Crippen LogP contribution in [0.25, 0.3) is 11.0 Å². The molecule has 1 aromatic carbocycles. The van der Waals surface area contributed by atoms with Crippen LogP contribution in [0.1, 0.15) is 19.3 Å². The standard InChI is InChI=1S/C12H16N4OS/c13-11(16-17)7-3-4-8-18-12-14-9-5-1-2-6-10(9)15-12/h1-2,5-6,17H,3-4,7-8H2,(H2,13,16)(H,14,15). The number of aromatic amines is 1. The van der Waals surface area contributed by atoms with Crippen LogP contribution in [0, 0.1) is 0 Å². The van der Waals surface area contributed by atoms with Gasteiger partial charge in [0.15, 0.2) is 5.16 Å². The molecule has 5 nitrogen and oxygen atoms in total. The molecule has 18 heavy (non-hydrogen) atoms. The zero-order chi connectivity index (χ0) is 12.8. The average molecular weight is 264 g/mol. The van der Waals surface area contributed by atoms with E-state index >= 15 is 0 Å². The van der Waals surface area contributed by atoms with Gasteiger partial charge in [0.25, 0.3) is 0 Å². The van der Waals surface area contributed by atoms with Gasteiger partial charge in [0.2, 0.25) is 0 Å². The number of para-hydroxylation sites is 2. The van der Waals surface area contributed by atoms with Gasteiger partial charge in [-0.25, -0.2) is 4.98 Å². The predicted octanol–water partition coefficient (Wildman–Crippen LogP) is 2.57. The summed E-state index contributed by atoms with van der Waals surface area (Å²) >= 11 is 1.70. The van der Waals surface area contributed by atoms with Crippen molar-refractivity contribution >= 4 is 28.6 Å². The number of hydrogen-bond donors (Lipinski definition) is 3. The highest BCUT2D eigenvalue weighted by Gasteiger charge is 2.02. The Morgan fingerprint density at radius 1 is 1.39 bits per heavy atom. The fourth-order valence-corrected chi connectivity index (χ4v) is 2.51. The van der Waals surface area contributed by atoms with Gasteiger partial charge >= 0.3 is 0 Å². The number of nitrogens with zero attached hydrogens (tertiary/aromatic N) is 2. The lowest BCUT2D eigenvalue weighted by Crippen LogP contribution is -2.10. The third-order valence-corrected chi connectivity index (χ3v) is 3.52. The van der Waals surface area contributed by atoms with Crippen molar-refractivity contribution in [2.45, 2.75) is 24.4 Å². The predicted molar refractivity (Wildman–Crippen MR) is 74.1 cm³/mol. The zero-order valence-electron chi connectivity index (χ0n) is 9.97. The molecule has 0 atom stereocenters. The summed E-state index contributed by atoms with van der Waals surface area (Å²) in [4.78, 5) is 7.75. The molecule has 2 rings (SSSR count). The van der Waals surface area contributed by atoms with Crippen molar-refractivity contribution in [1.29, 1.82) is 0 Å². The Kier molecular flexibility index (Phi) is 4.46. The number of nitrogens with two attached hydrogens (primary N) is 1. The summed E-state index contributed by atoms with van der Waals surface area (Å²) in [6.07, 6.45) is 2.57. The van der Waals surface area contributed by atoms with E-state index in [-0.39, 0.29) is 0 Å². The molecule has 0 saturated carbocycles. The number of rotatable bonds is 6. The molecule has 0 aliphatic carbocycles. The van der Waals surface area contributed by atoms with Crippen LogP contribution in [-0.4, -0.2) is 26.8 Å². The summed E-state index contributed by atoms with van der Waals surface area (Å²) in [6, 6.07) is 7.99. The zero-order valence-corrected chi connectivity index (χ0v) is 10.8. The molecule has 0 fully saturated rings. The van der Waals surface area contributed by atoms with Crippen molar-refractivity contribution in [3.63, 3.8) is 0 Å². The van der Waals surface area contributed by atoms with E-state index in [0.717, 1.165) is 34.8 Å². The molecule has 4 N–H and O–H groups in total. The number of amidine groups is 1. The Labute approximate surface area is 109 Å². The van der Waals surface area contributed by atoms with E-state index in [4.69, 9.17) is 10.9 Å². The molecule has 96 valence electrons. The fourth-order valence-electron chi connectivity index (χ4n) is 1.62. The number of imidazole rings is 1. The summed E-state index contributed by atoms with van der Waals surface area (Å²) in [5.74, 6) is 1.27. The van der Waals surface area contributed by atoms with Gasteiger partial charge in [-0.1, -0.05) is 29.1 Å². The topological polar surface area (TPSA) is 87.3 Å². The first kappa shape index (κ1) is 12.8. The van der Waals surface area contributed by atoms with Gasteiger partial charge in [0.05, 0.1) is 11.0 Å². The Bertz CT molecular complexity index is 505. The normalized spacial score (nSPS) is 12.1. The number of H-pyrrole nitrogens is 1. The molecule has 6 heteroatoms. The number of aromatic nitrogens is 2. The lowest BCUT2D eigenvalue weighted by Gasteiger charge is -1.98. The number of nitrogens with one attached hydrogen (secondary N) is 1. The monoisotopic (exact) mass is 264 g/mol. The summed E-state index contributed by atoms with van der Waals surface area (Å²) in [5.41, 5.74) is 7.46. The van der Waals surface area contributed by atoms with Gasteiger partial charge in [-0.15, -0.1) is 0 Å². The van der Waals surface area contributed by atoms with Crippen LogP contribution >= 0.6 is 11.8 Å². The minimum Gasteiger partial charge on any atom is -0.409 e. The molecule has 0 aliphatic rings. The lowest BCUT2D eigenvalue weighted by atomic mass is 10.2. The Balaban J connectivity index is 1.76. The number of hydrogen-bond acceptors (Lipinski definition) is 4. The molecule has 0 spiro atoms. The van der Waals surface area contributed by atoms with Gasteiger partial charge < -0.3 is 15.9 Å². The molecule has 2 aromatic rings. The summed E-state index contributed by atoms with van der Waals surface area (Å²) in [6.45, 7) is 0. The highest BCUT2D eigenvalue weighted by Crippen LogP contribution is 2.20. The maximum absolute atomic E-state index is 8.39. The number of thioether (sulfide) groups is 1. The first-order valence-corrected chi connectivity index (χ1v) is 6.82. The van der Waals surface area contributed by atoms with Crippen molar-refractivity contribution < 1.29 is 5.21 Å². The van der Waals surface area contributed by atoms with E-state index in [2.05, 4.69) is 15.1 Å². The molecule has 0 saturated heterocycles. The lowest BCUT2D eigenvalue weighted by molar-refractivity contribution is 0.316. The summed E-state index contributed by atoms with van der Waals surface area (Å²) < 4.78 is 0. The summed E-state index contributed by atoms with van der Waals surface area (Å²) in [5, 5.41) is 12.3. The molecule has 0 radical (unpaired) electrons. The molecular weight excluding hydrogens is 248 g/mol. The third-order valence-electron chi connectivity index (χ3n) is 2.56. The number of fused-ring (bicyclic) bond motifs is 1. The van der Waals surface area contributed by atoms with E-state index in [0.29, 0.717) is 12.3 Å². The minimum absolute atomic E-state index is 0.295. The highest BCUT2D eigenvalue weighted by atomic mass is 32.2. The number of oxime groups is 1.